The number of nitrogens with zero attached hydrogens (tertiary/aromatic N) is 1. The Hall–Kier alpha value is -0.870. The number of hydrogen-bond acceptors (Lipinski definition) is 2. The molecule has 2 aliphatic rings. The van der Waals surface area contributed by atoms with Crippen LogP contribution in [0, 0.1) is 12.8 Å². The van der Waals surface area contributed by atoms with Crippen molar-refractivity contribution in [2.45, 2.75) is 25.8 Å². The van der Waals surface area contributed by atoms with Gasteiger partial charge in [-0.25, -0.2) is 0 Å². The van der Waals surface area contributed by atoms with E-state index in [9.17, 15) is 4.79 Å². The smallest absolute Gasteiger partial charge is 0.254 e. The standard InChI is InChI=1S/C15H19BrN2O/c1-10-7-12(16)4-5-13(10)15(19)18-8-11-3-2-6-17-14(11)9-18/h4-5,7,11,14,17H,2-3,6,8-9H2,1H3. The third-order valence-electron chi connectivity index (χ3n) is 4.31. The second kappa shape index (κ2) is 5.25. The van der Waals surface area contributed by atoms with E-state index in [4.69, 9.17) is 0 Å². The summed E-state index contributed by atoms with van der Waals surface area (Å²) < 4.78 is 1.03. The first-order chi connectivity index (χ1) is 9.15. The van der Waals surface area contributed by atoms with Gasteiger partial charge in [0.05, 0.1) is 0 Å². The Labute approximate surface area is 122 Å². The monoisotopic (exact) mass is 322 g/mol. The minimum absolute atomic E-state index is 0.182. The van der Waals surface area contributed by atoms with Gasteiger partial charge in [0.2, 0.25) is 0 Å². The lowest BCUT2D eigenvalue weighted by molar-refractivity contribution is 0.0785. The van der Waals surface area contributed by atoms with E-state index in [0.717, 1.165) is 35.2 Å². The molecule has 0 radical (unpaired) electrons. The maximum atomic E-state index is 12.6. The SMILES string of the molecule is Cc1cc(Br)ccc1C(=O)N1CC2CCCNC2C1. The number of likely N-dealkylation sites (tertiary alicyclic amines) is 1. The molecule has 2 fully saturated rings. The van der Waals surface area contributed by atoms with E-state index in [2.05, 4.69) is 21.2 Å². The fourth-order valence-corrected chi connectivity index (χ4v) is 3.73. The van der Waals surface area contributed by atoms with Crippen molar-refractivity contribution in [1.82, 2.24) is 10.2 Å². The molecule has 102 valence electrons. The van der Waals surface area contributed by atoms with Crippen LogP contribution in [0.4, 0.5) is 0 Å². The lowest BCUT2D eigenvalue weighted by Gasteiger charge is -2.24. The second-order valence-electron chi connectivity index (χ2n) is 5.63. The van der Waals surface area contributed by atoms with Gasteiger partial charge in [-0.2, -0.15) is 0 Å². The molecule has 0 aliphatic carbocycles. The molecule has 1 aromatic carbocycles. The van der Waals surface area contributed by atoms with Gasteiger partial charge in [0.15, 0.2) is 0 Å². The summed E-state index contributed by atoms with van der Waals surface area (Å²) in [4.78, 5) is 14.6. The topological polar surface area (TPSA) is 32.3 Å². The van der Waals surface area contributed by atoms with Gasteiger partial charge in [0, 0.05) is 29.2 Å². The Morgan fingerprint density at radius 3 is 3.00 bits per heavy atom. The third kappa shape index (κ3) is 2.56. The number of halogens is 1. The van der Waals surface area contributed by atoms with Gasteiger partial charge in [0.1, 0.15) is 0 Å². The van der Waals surface area contributed by atoms with Crippen LogP contribution in [0.15, 0.2) is 22.7 Å². The van der Waals surface area contributed by atoms with Gasteiger partial charge in [-0.05, 0) is 56.0 Å². The van der Waals surface area contributed by atoms with Gasteiger partial charge in [-0.15, -0.1) is 0 Å². The minimum Gasteiger partial charge on any atom is -0.337 e. The van der Waals surface area contributed by atoms with Gasteiger partial charge in [-0.3, -0.25) is 4.79 Å². The highest BCUT2D eigenvalue weighted by atomic mass is 79.9. The summed E-state index contributed by atoms with van der Waals surface area (Å²) in [7, 11) is 0. The Balaban J connectivity index is 1.77. The van der Waals surface area contributed by atoms with E-state index in [1.165, 1.54) is 12.8 Å². The molecule has 1 aromatic rings. The number of nitrogens with one attached hydrogen (secondary N) is 1. The average molecular weight is 323 g/mol. The van der Waals surface area contributed by atoms with Crippen LogP contribution < -0.4 is 5.32 Å². The molecule has 3 nitrogen and oxygen atoms in total. The lowest BCUT2D eigenvalue weighted by Crippen LogP contribution is -2.41. The number of hydrogen-bond donors (Lipinski definition) is 1. The molecule has 0 bridgehead atoms. The van der Waals surface area contributed by atoms with Crippen molar-refractivity contribution >= 4 is 21.8 Å². The predicted molar refractivity (Wildman–Crippen MR) is 79.3 cm³/mol. The minimum atomic E-state index is 0.182. The van der Waals surface area contributed by atoms with Crippen molar-refractivity contribution in [2.75, 3.05) is 19.6 Å². The van der Waals surface area contributed by atoms with Gasteiger partial charge in [-0.1, -0.05) is 15.9 Å². The summed E-state index contributed by atoms with van der Waals surface area (Å²) >= 11 is 3.44. The molecule has 0 aromatic heterocycles. The van der Waals surface area contributed by atoms with Crippen LogP contribution in [0.1, 0.15) is 28.8 Å². The average Bonchev–Trinajstić information content (AvgIpc) is 2.81. The highest BCUT2D eigenvalue weighted by Gasteiger charge is 2.36. The van der Waals surface area contributed by atoms with Crippen LogP contribution >= 0.6 is 15.9 Å². The summed E-state index contributed by atoms with van der Waals surface area (Å²) in [5.74, 6) is 0.828. The number of piperidine rings is 1. The normalized spacial score (nSPS) is 26.3. The van der Waals surface area contributed by atoms with Crippen LogP contribution in [0.3, 0.4) is 0 Å². The molecule has 19 heavy (non-hydrogen) atoms. The Morgan fingerprint density at radius 1 is 1.42 bits per heavy atom. The number of benzene rings is 1. The fourth-order valence-electron chi connectivity index (χ4n) is 3.25. The van der Waals surface area contributed by atoms with Gasteiger partial charge >= 0.3 is 0 Å². The number of carbonyl (C=O) groups excluding carboxylic acids is 1. The van der Waals surface area contributed by atoms with Gasteiger partial charge < -0.3 is 10.2 Å². The Bertz CT molecular complexity index is 489. The first-order valence-corrected chi connectivity index (χ1v) is 7.73. The maximum absolute atomic E-state index is 12.6. The number of carbonyl (C=O) groups is 1. The lowest BCUT2D eigenvalue weighted by atomic mass is 9.94. The summed E-state index contributed by atoms with van der Waals surface area (Å²) in [6.45, 7) is 4.87. The molecule has 4 heteroatoms. The van der Waals surface area contributed by atoms with E-state index in [0.29, 0.717) is 12.0 Å². The molecule has 2 heterocycles. The van der Waals surface area contributed by atoms with Crippen LogP contribution in [-0.2, 0) is 0 Å². The fraction of sp³-hybridized carbons (Fsp3) is 0.533. The zero-order valence-electron chi connectivity index (χ0n) is 11.2. The van der Waals surface area contributed by atoms with Crippen LogP contribution in [0.25, 0.3) is 0 Å². The summed E-state index contributed by atoms with van der Waals surface area (Å²) in [5.41, 5.74) is 1.88. The van der Waals surface area contributed by atoms with E-state index >= 15 is 0 Å². The molecule has 2 aliphatic heterocycles. The molecular formula is C15H19BrN2O. The number of amides is 1. The molecule has 0 spiro atoms. The largest absolute Gasteiger partial charge is 0.337 e. The van der Waals surface area contributed by atoms with Gasteiger partial charge in [0.25, 0.3) is 5.91 Å². The van der Waals surface area contributed by atoms with Crippen molar-refractivity contribution in [3.8, 4) is 0 Å². The number of rotatable bonds is 1. The summed E-state index contributed by atoms with van der Waals surface area (Å²) in [6.07, 6.45) is 2.49. The van der Waals surface area contributed by atoms with Crippen molar-refractivity contribution < 1.29 is 4.79 Å². The van der Waals surface area contributed by atoms with E-state index in [-0.39, 0.29) is 5.91 Å². The number of fused-ring (bicyclic) bond motifs is 1. The van der Waals surface area contributed by atoms with Crippen LogP contribution in [0.2, 0.25) is 0 Å². The molecular weight excluding hydrogens is 304 g/mol. The van der Waals surface area contributed by atoms with Crippen LogP contribution in [0.5, 0.6) is 0 Å². The zero-order chi connectivity index (χ0) is 13.4. The Morgan fingerprint density at radius 2 is 2.26 bits per heavy atom. The number of aryl methyl sites for hydroxylation is 1. The first kappa shape index (κ1) is 13.1. The zero-order valence-corrected chi connectivity index (χ0v) is 12.7. The quantitative estimate of drug-likeness (QED) is 0.862. The Kier molecular flexibility index (Phi) is 3.63. The highest BCUT2D eigenvalue weighted by molar-refractivity contribution is 9.10. The predicted octanol–water partition coefficient (Wildman–Crippen LogP) is 2.58. The van der Waals surface area contributed by atoms with Crippen molar-refractivity contribution in [3.05, 3.63) is 33.8 Å². The molecule has 1 amide bonds. The van der Waals surface area contributed by atoms with E-state index < -0.39 is 0 Å². The summed E-state index contributed by atoms with van der Waals surface area (Å²) in [5, 5.41) is 3.54. The van der Waals surface area contributed by atoms with Crippen molar-refractivity contribution in [2.24, 2.45) is 5.92 Å². The second-order valence-corrected chi connectivity index (χ2v) is 6.55. The van der Waals surface area contributed by atoms with Crippen molar-refractivity contribution in [3.63, 3.8) is 0 Å². The molecule has 1 N–H and O–H groups in total. The third-order valence-corrected chi connectivity index (χ3v) is 4.80. The maximum Gasteiger partial charge on any atom is 0.254 e. The van der Waals surface area contributed by atoms with E-state index in [1.807, 2.05) is 30.0 Å². The van der Waals surface area contributed by atoms with Crippen LogP contribution in [-0.4, -0.2) is 36.5 Å². The molecule has 0 saturated carbocycles. The molecule has 3 rings (SSSR count). The molecule has 2 unspecified atom stereocenters. The highest BCUT2D eigenvalue weighted by Crippen LogP contribution is 2.27. The molecule has 2 atom stereocenters. The molecule has 2 saturated heterocycles. The first-order valence-electron chi connectivity index (χ1n) is 6.94. The van der Waals surface area contributed by atoms with E-state index in [1.54, 1.807) is 0 Å². The van der Waals surface area contributed by atoms with Crippen molar-refractivity contribution in [1.29, 1.82) is 0 Å². The summed E-state index contributed by atoms with van der Waals surface area (Å²) in [6, 6.07) is 6.39.